The number of ketones is 1. The van der Waals surface area contributed by atoms with Crippen LogP contribution in [0.1, 0.15) is 72.1 Å². The molecule has 0 aromatic carbocycles. The standard InChI is InChI=1S/C26H38N2O6/c1-15(30)19-6-7-20-18-5-4-16-12-17(28-34-14-23(31)27-22(13-29)24(32)33)8-10-25(16,2)21(18)9-11-26(19,20)3/h12,18-22,29H,4-11,13-14H2,1-3H3,(H,27,31)(H,32,33). The van der Waals surface area contributed by atoms with Crippen LogP contribution in [0.2, 0.25) is 0 Å². The fraction of sp³-hybridized carbons (Fsp3) is 0.769. The Hall–Kier alpha value is -2.22. The molecule has 3 fully saturated rings. The van der Waals surface area contributed by atoms with Crippen LogP contribution < -0.4 is 5.32 Å². The number of carbonyl (C=O) groups excluding carboxylic acids is 2. The van der Waals surface area contributed by atoms with Crippen molar-refractivity contribution in [1.82, 2.24) is 5.32 Å². The van der Waals surface area contributed by atoms with E-state index in [1.165, 1.54) is 18.4 Å². The molecule has 188 valence electrons. The Labute approximate surface area is 201 Å². The lowest BCUT2D eigenvalue weighted by molar-refractivity contribution is -0.143. The molecule has 0 bridgehead atoms. The molecule has 0 aliphatic heterocycles. The number of fused-ring (bicyclic) bond motifs is 5. The van der Waals surface area contributed by atoms with Gasteiger partial charge in [-0.15, -0.1) is 0 Å². The summed E-state index contributed by atoms with van der Waals surface area (Å²) in [4.78, 5) is 40.3. The number of hydrogen-bond acceptors (Lipinski definition) is 6. The second-order valence-corrected chi connectivity index (χ2v) is 11.3. The number of carboxylic acid groups (broad SMARTS) is 1. The summed E-state index contributed by atoms with van der Waals surface area (Å²) in [7, 11) is 0. The molecule has 4 rings (SSSR count). The van der Waals surface area contributed by atoms with E-state index in [2.05, 4.69) is 30.4 Å². The summed E-state index contributed by atoms with van der Waals surface area (Å²) < 4.78 is 0. The van der Waals surface area contributed by atoms with Gasteiger partial charge in [-0.05, 0) is 93.0 Å². The van der Waals surface area contributed by atoms with Crippen LogP contribution in [0.25, 0.3) is 0 Å². The number of nitrogens with zero attached hydrogens (tertiary/aromatic N) is 1. The molecule has 4 aliphatic carbocycles. The van der Waals surface area contributed by atoms with Crippen molar-refractivity contribution in [3.8, 4) is 0 Å². The molecule has 0 heterocycles. The van der Waals surface area contributed by atoms with Gasteiger partial charge in [0.05, 0.1) is 12.3 Å². The number of allylic oxidation sites excluding steroid dienone is 2. The average Bonchev–Trinajstić information content (AvgIpc) is 3.15. The van der Waals surface area contributed by atoms with Gasteiger partial charge >= 0.3 is 5.97 Å². The van der Waals surface area contributed by atoms with Gasteiger partial charge in [-0.1, -0.05) is 24.6 Å². The average molecular weight is 475 g/mol. The van der Waals surface area contributed by atoms with Gasteiger partial charge in [0.15, 0.2) is 6.61 Å². The number of rotatable bonds is 7. The van der Waals surface area contributed by atoms with E-state index in [9.17, 15) is 14.4 Å². The number of carboxylic acids is 1. The number of carbonyl (C=O) groups is 3. The Balaban J connectivity index is 1.41. The minimum atomic E-state index is -1.35. The molecule has 0 saturated heterocycles. The largest absolute Gasteiger partial charge is 0.480 e. The van der Waals surface area contributed by atoms with Crippen LogP contribution in [-0.4, -0.2) is 52.8 Å². The third kappa shape index (κ3) is 4.30. The van der Waals surface area contributed by atoms with Gasteiger partial charge in [0.25, 0.3) is 5.91 Å². The molecule has 3 saturated carbocycles. The smallest absolute Gasteiger partial charge is 0.328 e. The van der Waals surface area contributed by atoms with E-state index in [4.69, 9.17) is 15.1 Å². The molecule has 4 aliphatic rings. The zero-order valence-corrected chi connectivity index (χ0v) is 20.5. The number of amides is 1. The number of aliphatic hydroxyl groups is 1. The number of nitrogens with one attached hydrogen (secondary N) is 1. The zero-order valence-electron chi connectivity index (χ0n) is 20.5. The molecule has 0 aromatic heterocycles. The van der Waals surface area contributed by atoms with E-state index in [1.54, 1.807) is 6.92 Å². The van der Waals surface area contributed by atoms with Gasteiger partial charge in [0.1, 0.15) is 11.8 Å². The lowest BCUT2D eigenvalue weighted by Crippen LogP contribution is -2.51. The van der Waals surface area contributed by atoms with E-state index in [0.717, 1.165) is 44.2 Å². The highest BCUT2D eigenvalue weighted by Crippen LogP contribution is 2.66. The van der Waals surface area contributed by atoms with Crippen molar-refractivity contribution in [2.24, 2.45) is 39.7 Å². The molecule has 34 heavy (non-hydrogen) atoms. The van der Waals surface area contributed by atoms with Crippen LogP contribution in [0.5, 0.6) is 0 Å². The van der Waals surface area contributed by atoms with Gasteiger partial charge in [-0.3, -0.25) is 9.59 Å². The quantitative estimate of drug-likeness (QED) is 0.487. The first-order chi connectivity index (χ1) is 16.1. The third-order valence-corrected chi connectivity index (χ3v) is 9.66. The van der Waals surface area contributed by atoms with Crippen molar-refractivity contribution in [2.75, 3.05) is 13.2 Å². The highest BCUT2D eigenvalue weighted by Gasteiger charge is 2.59. The predicted molar refractivity (Wildman–Crippen MR) is 126 cm³/mol. The maximum absolute atomic E-state index is 12.3. The lowest BCUT2D eigenvalue weighted by Gasteiger charge is -2.58. The van der Waals surface area contributed by atoms with Crippen LogP contribution in [0.15, 0.2) is 16.8 Å². The topological polar surface area (TPSA) is 125 Å². The summed E-state index contributed by atoms with van der Waals surface area (Å²) in [5.41, 5.74) is 2.54. The van der Waals surface area contributed by atoms with E-state index in [1.807, 2.05) is 0 Å². The second-order valence-electron chi connectivity index (χ2n) is 11.3. The van der Waals surface area contributed by atoms with Crippen molar-refractivity contribution in [3.63, 3.8) is 0 Å². The Morgan fingerprint density at radius 3 is 2.59 bits per heavy atom. The monoisotopic (exact) mass is 474 g/mol. The minimum absolute atomic E-state index is 0.144. The van der Waals surface area contributed by atoms with Crippen molar-refractivity contribution in [2.45, 2.75) is 78.2 Å². The molecule has 7 atom stereocenters. The van der Waals surface area contributed by atoms with E-state index < -0.39 is 31.1 Å². The Kier molecular flexibility index (Phi) is 6.91. The summed E-state index contributed by atoms with van der Waals surface area (Å²) >= 11 is 0. The number of aliphatic hydroxyl groups excluding tert-OH is 1. The molecule has 8 heteroatoms. The maximum atomic E-state index is 12.3. The molecule has 3 N–H and O–H groups in total. The highest BCUT2D eigenvalue weighted by molar-refractivity contribution is 5.96. The second kappa shape index (κ2) is 9.44. The number of hydrogen-bond donors (Lipinski definition) is 3. The van der Waals surface area contributed by atoms with Crippen molar-refractivity contribution < 1.29 is 29.4 Å². The number of aliphatic carboxylic acids is 1. The zero-order chi connectivity index (χ0) is 24.7. The first kappa shape index (κ1) is 24.9. The van der Waals surface area contributed by atoms with Gasteiger partial charge < -0.3 is 20.4 Å². The van der Waals surface area contributed by atoms with Crippen LogP contribution in [-0.2, 0) is 19.2 Å². The molecule has 1 amide bonds. The fourth-order valence-corrected chi connectivity index (χ4v) is 7.91. The van der Waals surface area contributed by atoms with Crippen LogP contribution >= 0.6 is 0 Å². The Bertz CT molecular complexity index is 913. The van der Waals surface area contributed by atoms with Crippen molar-refractivity contribution in [3.05, 3.63) is 11.6 Å². The van der Waals surface area contributed by atoms with Gasteiger partial charge in [-0.2, -0.15) is 0 Å². The molecular weight excluding hydrogens is 436 g/mol. The SMILES string of the molecule is CC(=O)C1CCC2C3CCC4=CC(=NOCC(=O)NC(CO)C(=O)O)CCC4(C)C3CCC12C. The fourth-order valence-electron chi connectivity index (χ4n) is 7.91. The normalized spacial score (nSPS) is 38.7. The number of Topliss-reactive ketones (excluding diaryl/α,β-unsaturated/α-hetero) is 1. The van der Waals surface area contributed by atoms with Crippen LogP contribution in [0.4, 0.5) is 0 Å². The van der Waals surface area contributed by atoms with Crippen LogP contribution in [0, 0.1) is 34.5 Å². The first-order valence-electron chi connectivity index (χ1n) is 12.6. The summed E-state index contributed by atoms with van der Waals surface area (Å²) in [5, 5.41) is 24.3. The summed E-state index contributed by atoms with van der Waals surface area (Å²) in [5.74, 6) is 0.619. The third-order valence-electron chi connectivity index (χ3n) is 9.66. The molecule has 0 aromatic rings. The van der Waals surface area contributed by atoms with Gasteiger partial charge in [0, 0.05) is 5.92 Å². The summed E-state index contributed by atoms with van der Waals surface area (Å²) in [6, 6.07) is -1.35. The van der Waals surface area contributed by atoms with Gasteiger partial charge in [-0.25, -0.2) is 4.79 Å². The van der Waals surface area contributed by atoms with Crippen LogP contribution in [0.3, 0.4) is 0 Å². The molecule has 8 nitrogen and oxygen atoms in total. The lowest BCUT2D eigenvalue weighted by atomic mass is 9.46. The van der Waals surface area contributed by atoms with E-state index in [0.29, 0.717) is 23.5 Å². The van der Waals surface area contributed by atoms with E-state index in [-0.39, 0.29) is 16.7 Å². The molecule has 0 spiro atoms. The Morgan fingerprint density at radius 2 is 1.91 bits per heavy atom. The highest BCUT2D eigenvalue weighted by atomic mass is 16.6. The summed E-state index contributed by atoms with van der Waals surface area (Å²) in [6.45, 7) is 5.48. The van der Waals surface area contributed by atoms with E-state index >= 15 is 0 Å². The van der Waals surface area contributed by atoms with Crippen molar-refractivity contribution >= 4 is 23.4 Å². The van der Waals surface area contributed by atoms with Crippen molar-refractivity contribution in [1.29, 1.82) is 0 Å². The number of oxime groups is 1. The first-order valence-corrected chi connectivity index (χ1v) is 12.6. The van der Waals surface area contributed by atoms with Gasteiger partial charge in [0.2, 0.25) is 0 Å². The molecular formula is C26H38N2O6. The Morgan fingerprint density at radius 1 is 1.15 bits per heavy atom. The summed E-state index contributed by atoms with van der Waals surface area (Å²) in [6.07, 6.45) is 10.6. The predicted octanol–water partition coefficient (Wildman–Crippen LogP) is 3.09. The molecule has 7 unspecified atom stereocenters. The maximum Gasteiger partial charge on any atom is 0.328 e. The molecule has 0 radical (unpaired) electrons. The minimum Gasteiger partial charge on any atom is -0.480 e.